The van der Waals surface area contributed by atoms with Crippen LogP contribution in [0.25, 0.3) is 55.0 Å². The molecule has 312 valence electrons. The van der Waals surface area contributed by atoms with Crippen LogP contribution in [0.3, 0.4) is 0 Å². The van der Waals surface area contributed by atoms with Crippen LogP contribution in [-0.2, 0) is 37.8 Å². The molecule has 8 aromatic rings. The first kappa shape index (κ1) is 41.0. The molecule has 2 N–H and O–H groups in total. The zero-order chi connectivity index (χ0) is 42.2. The van der Waals surface area contributed by atoms with Gasteiger partial charge in [0.15, 0.2) is 0 Å². The SMILES string of the molecule is CC(C)(C)c1cc(C[S]2=[Ti]=[S](Cc3cc(C(C)(C)C)cc(-n4c5ccccc5c5ccccc54)c3O)[C@H]3CCCCCCC32)c(O)c(-n2c3ccccc3c3ccccc32)c1. The Labute approximate surface area is 371 Å². The van der Waals surface area contributed by atoms with E-state index < -0.39 is 15.5 Å². The molecule has 6 aromatic carbocycles. The average molecular weight is 879 g/mol. The van der Waals surface area contributed by atoms with Gasteiger partial charge in [0.2, 0.25) is 0 Å². The number of para-hydroxylation sites is 4. The first-order valence-electron chi connectivity index (χ1n) is 22.2. The number of aromatic nitrogens is 2. The van der Waals surface area contributed by atoms with Gasteiger partial charge in [-0.1, -0.05) is 0 Å². The molecule has 10 rings (SSSR count). The van der Waals surface area contributed by atoms with Crippen LogP contribution in [0.4, 0.5) is 0 Å². The molecule has 0 radical (unpaired) electrons. The molecular weight excluding hydrogens is 821 g/mol. The van der Waals surface area contributed by atoms with Gasteiger partial charge in [0.05, 0.1) is 0 Å². The van der Waals surface area contributed by atoms with Crippen molar-refractivity contribution in [2.45, 2.75) is 113 Å². The predicted molar refractivity (Wildman–Crippen MR) is 260 cm³/mol. The van der Waals surface area contributed by atoms with Crippen molar-refractivity contribution in [2.75, 3.05) is 0 Å². The van der Waals surface area contributed by atoms with Crippen molar-refractivity contribution in [1.82, 2.24) is 9.13 Å². The molecule has 2 aromatic heterocycles. The molecule has 0 bridgehead atoms. The molecule has 4 atom stereocenters. The molecule has 1 fully saturated rings. The first-order valence-corrected chi connectivity index (χ1v) is 29.0. The van der Waals surface area contributed by atoms with Gasteiger partial charge in [-0.15, -0.1) is 0 Å². The summed E-state index contributed by atoms with van der Waals surface area (Å²) in [6, 6.07) is 43.8. The summed E-state index contributed by atoms with van der Waals surface area (Å²) in [7, 11) is 0.416. The Hall–Kier alpha value is -4.07. The number of aromatic hydroxyl groups is 2. The quantitative estimate of drug-likeness (QED) is 0.164. The Morgan fingerprint density at radius 1 is 0.492 bits per heavy atom. The van der Waals surface area contributed by atoms with E-state index in [0.29, 0.717) is 22.0 Å². The normalized spacial score (nSPS) is 19.8. The van der Waals surface area contributed by atoms with Crippen molar-refractivity contribution in [2.24, 2.45) is 0 Å². The van der Waals surface area contributed by atoms with Crippen LogP contribution in [0, 0.1) is 0 Å². The zero-order valence-electron chi connectivity index (χ0n) is 36.5. The van der Waals surface area contributed by atoms with Crippen LogP contribution >= 0.6 is 15.9 Å². The number of hydrogen-bond donors (Lipinski definition) is 2. The standard InChI is InChI=1S/C54H58N2O2S2.Ti/c1-53(2,3)37-29-35(51(57)47(31-37)55-43-23-15-11-19-39(43)40-20-12-16-24-44(40)55)33-59-49-27-9-7-8-10-28-50(49)60-34-36-30-38(54(4,5)6)32-48(52(36)58)56-45-25-17-13-21-41(45)42-22-14-18-26-46(42)56;/h11-26,29-32,49-50,57-58H,7-10,27-28,33-34H2,1-6H3;/t49-,50?;/m0./s1. The van der Waals surface area contributed by atoms with Gasteiger partial charge in [-0.05, 0) is 0 Å². The van der Waals surface area contributed by atoms with Crippen LogP contribution in [0.2, 0.25) is 0 Å². The van der Waals surface area contributed by atoms with E-state index in [9.17, 15) is 10.2 Å². The zero-order valence-corrected chi connectivity index (χ0v) is 39.7. The van der Waals surface area contributed by atoms with E-state index >= 15 is 0 Å². The summed E-state index contributed by atoms with van der Waals surface area (Å²) < 4.78 is 4.63. The molecule has 0 saturated heterocycles. The van der Waals surface area contributed by atoms with E-state index in [1.54, 1.807) is 0 Å². The van der Waals surface area contributed by atoms with Gasteiger partial charge in [-0.3, -0.25) is 0 Å². The molecule has 2 aliphatic rings. The van der Waals surface area contributed by atoms with E-state index in [-0.39, 0.29) is 26.8 Å². The predicted octanol–water partition coefficient (Wildman–Crippen LogP) is 15.1. The maximum atomic E-state index is 12.6. The fourth-order valence-electron chi connectivity index (χ4n) is 10.1. The third kappa shape index (κ3) is 7.34. The van der Waals surface area contributed by atoms with Gasteiger partial charge in [-0.25, -0.2) is 0 Å². The minimum absolute atomic E-state index is 0.0816. The molecule has 1 aliphatic heterocycles. The second-order valence-electron chi connectivity index (χ2n) is 19.5. The third-order valence-electron chi connectivity index (χ3n) is 13.4. The molecule has 7 heteroatoms. The van der Waals surface area contributed by atoms with Gasteiger partial charge < -0.3 is 0 Å². The second kappa shape index (κ2) is 15.9. The van der Waals surface area contributed by atoms with Crippen LogP contribution in [0.5, 0.6) is 11.5 Å². The van der Waals surface area contributed by atoms with Crippen molar-refractivity contribution in [3.05, 3.63) is 144 Å². The summed E-state index contributed by atoms with van der Waals surface area (Å²) in [5.41, 5.74) is 10.9. The Bertz CT molecular complexity index is 2790. The molecule has 3 heterocycles. The Morgan fingerprint density at radius 2 is 0.820 bits per heavy atom. The monoisotopic (exact) mass is 878 g/mol. The van der Waals surface area contributed by atoms with Crippen molar-refractivity contribution >= 4 is 59.5 Å². The van der Waals surface area contributed by atoms with E-state index in [1.807, 2.05) is 0 Å². The van der Waals surface area contributed by atoms with Crippen LogP contribution in [0.1, 0.15) is 102 Å². The Kier molecular flexibility index (Phi) is 10.7. The van der Waals surface area contributed by atoms with E-state index in [1.165, 1.54) is 71.2 Å². The first-order chi connectivity index (χ1) is 29.4. The van der Waals surface area contributed by atoms with Crippen LogP contribution < -0.4 is 0 Å². The van der Waals surface area contributed by atoms with Crippen molar-refractivity contribution in [3.8, 4) is 22.9 Å². The van der Waals surface area contributed by atoms with Gasteiger partial charge >= 0.3 is 374 Å². The minimum atomic E-state index is -0.418. The third-order valence-corrected chi connectivity index (χ3v) is 29.3. The number of rotatable bonds is 6. The second-order valence-corrected chi connectivity index (χ2v) is 31.0. The number of phenols is 2. The molecule has 61 heavy (non-hydrogen) atoms. The average Bonchev–Trinajstić information content (AvgIpc) is 3.85. The number of benzene rings is 6. The maximum absolute atomic E-state index is 12.6. The molecule has 1 saturated carbocycles. The number of fused-ring (bicyclic) bond motifs is 7. The van der Waals surface area contributed by atoms with Crippen molar-refractivity contribution in [1.29, 1.82) is 0 Å². The topological polar surface area (TPSA) is 50.3 Å². The molecular formula is C54H58N2O2S2Ti. The molecule has 3 unspecified atom stereocenters. The summed E-state index contributed by atoms with van der Waals surface area (Å²) in [4.78, 5) is 0. The summed E-state index contributed by atoms with van der Waals surface area (Å²) >= 11 is -0.418. The van der Waals surface area contributed by atoms with Gasteiger partial charge in [0.25, 0.3) is 0 Å². The van der Waals surface area contributed by atoms with E-state index in [4.69, 9.17) is 0 Å². The van der Waals surface area contributed by atoms with Gasteiger partial charge in [-0.2, -0.15) is 0 Å². The number of hydrogen-bond acceptors (Lipinski definition) is 2. The molecule has 4 nitrogen and oxygen atoms in total. The molecule has 1 aliphatic carbocycles. The van der Waals surface area contributed by atoms with Crippen molar-refractivity contribution < 1.29 is 25.7 Å². The van der Waals surface area contributed by atoms with Gasteiger partial charge in [0.1, 0.15) is 0 Å². The van der Waals surface area contributed by atoms with Gasteiger partial charge in [0, 0.05) is 0 Å². The fourth-order valence-corrected chi connectivity index (χ4v) is 30.9. The Balaban J connectivity index is 1.13. The van der Waals surface area contributed by atoms with Crippen LogP contribution in [0.15, 0.2) is 121 Å². The summed E-state index contributed by atoms with van der Waals surface area (Å²) in [6.07, 6.45) is 7.84. The number of nitrogens with zero attached hydrogens (tertiary/aromatic N) is 2. The Morgan fingerprint density at radius 3 is 1.15 bits per heavy atom. The number of phenolic OH excluding ortho intramolecular Hbond substituents is 2. The van der Waals surface area contributed by atoms with Crippen LogP contribution in [-0.4, -0.2) is 29.8 Å². The molecule has 0 amide bonds. The summed E-state index contributed by atoms with van der Waals surface area (Å²) in [5, 5.41) is 31.4. The van der Waals surface area contributed by atoms with E-state index in [0.717, 1.165) is 56.1 Å². The molecule has 0 spiro atoms. The van der Waals surface area contributed by atoms with Crippen molar-refractivity contribution in [3.63, 3.8) is 0 Å². The van der Waals surface area contributed by atoms with E-state index in [2.05, 4.69) is 172 Å². The summed E-state index contributed by atoms with van der Waals surface area (Å²) in [6.45, 7) is 13.8. The fraction of sp³-hybridized carbons (Fsp3) is 0.333. The summed E-state index contributed by atoms with van der Waals surface area (Å²) in [5.74, 6) is 2.79.